The third kappa shape index (κ3) is 6.35. The molecule has 0 saturated carbocycles. The quantitative estimate of drug-likeness (QED) is 0.318. The van der Waals surface area contributed by atoms with Crippen molar-refractivity contribution in [1.29, 1.82) is 0 Å². The number of carbonyl (C=O) groups is 1. The van der Waals surface area contributed by atoms with Gasteiger partial charge in [0.05, 0.1) is 19.8 Å². The van der Waals surface area contributed by atoms with Gasteiger partial charge < -0.3 is 25.0 Å². The number of fused-ring (bicyclic) bond motifs is 1. The Bertz CT molecular complexity index is 943. The second-order valence-corrected chi connectivity index (χ2v) is 8.93. The van der Waals surface area contributed by atoms with Crippen LogP contribution in [0.4, 0.5) is 0 Å². The van der Waals surface area contributed by atoms with E-state index in [-0.39, 0.29) is 42.5 Å². The molecule has 0 aliphatic carbocycles. The van der Waals surface area contributed by atoms with Gasteiger partial charge in [-0.3, -0.25) is 9.79 Å². The Kier molecular flexibility index (Phi) is 9.18. The van der Waals surface area contributed by atoms with Crippen molar-refractivity contribution >= 4 is 47.2 Å². The average Bonchev–Trinajstić information content (AvgIpc) is 3.46. The average molecular weight is 570 g/mol. The number of halogens is 1. The van der Waals surface area contributed by atoms with Gasteiger partial charge in [0.15, 0.2) is 5.96 Å². The molecule has 3 heterocycles. The van der Waals surface area contributed by atoms with Crippen LogP contribution in [0.1, 0.15) is 28.0 Å². The van der Waals surface area contributed by atoms with Crippen molar-refractivity contribution in [2.75, 3.05) is 33.4 Å². The molecular weight excluding hydrogens is 539 g/mol. The normalized spacial score (nSPS) is 18.0. The Morgan fingerprint density at radius 2 is 2.22 bits per heavy atom. The minimum absolute atomic E-state index is 0. The zero-order valence-electron chi connectivity index (χ0n) is 18.6. The van der Waals surface area contributed by atoms with E-state index < -0.39 is 0 Å². The third-order valence-electron chi connectivity index (χ3n) is 5.64. The fraction of sp³-hybridized carbons (Fsp3) is 0.478. The summed E-state index contributed by atoms with van der Waals surface area (Å²) in [6, 6.07) is 8.32. The van der Waals surface area contributed by atoms with Gasteiger partial charge in [-0.25, -0.2) is 0 Å². The first-order chi connectivity index (χ1) is 15.1. The highest BCUT2D eigenvalue weighted by Gasteiger charge is 2.22. The van der Waals surface area contributed by atoms with Crippen LogP contribution in [-0.4, -0.2) is 56.2 Å². The molecule has 7 nitrogen and oxygen atoms in total. The minimum Gasteiger partial charge on any atom is -0.488 e. The third-order valence-corrected chi connectivity index (χ3v) is 6.66. The van der Waals surface area contributed by atoms with Crippen LogP contribution in [-0.2, 0) is 29.0 Å². The summed E-state index contributed by atoms with van der Waals surface area (Å²) in [5.74, 6) is 1.55. The Hall–Kier alpha value is -1.85. The number of guanidine groups is 1. The maximum atomic E-state index is 12.7. The summed E-state index contributed by atoms with van der Waals surface area (Å²) in [4.78, 5) is 20.2. The van der Waals surface area contributed by atoms with Crippen molar-refractivity contribution in [2.45, 2.75) is 39.0 Å². The molecule has 2 aromatic rings. The van der Waals surface area contributed by atoms with Crippen molar-refractivity contribution in [3.8, 4) is 5.75 Å². The molecule has 9 heteroatoms. The smallest absolute Gasteiger partial charge is 0.242 e. The number of ether oxygens (including phenoxy) is 2. The van der Waals surface area contributed by atoms with Gasteiger partial charge in [-0.1, -0.05) is 12.1 Å². The lowest BCUT2D eigenvalue weighted by Gasteiger charge is -2.27. The predicted molar refractivity (Wildman–Crippen MR) is 138 cm³/mol. The highest BCUT2D eigenvalue weighted by atomic mass is 127. The second-order valence-electron chi connectivity index (χ2n) is 7.93. The number of amides is 1. The standard InChI is InChI=1S/C23H30N4O3S.HI/c1-16-3-4-17(20(11-16)30-19-6-9-29-15-19)12-25-23(24-2)26-13-22(28)27-8-5-21-18(14-27)7-10-31-21;/h3-4,7,10-11,19H,5-6,8-9,12-15H2,1-2H3,(H2,24,25,26);1H. The molecule has 4 rings (SSSR count). The molecule has 32 heavy (non-hydrogen) atoms. The van der Waals surface area contributed by atoms with Gasteiger partial charge in [-0.05, 0) is 42.0 Å². The fourth-order valence-electron chi connectivity index (χ4n) is 3.83. The second kappa shape index (κ2) is 11.9. The Morgan fingerprint density at radius 1 is 1.34 bits per heavy atom. The van der Waals surface area contributed by atoms with Crippen LogP contribution in [0, 0.1) is 6.92 Å². The molecule has 2 aliphatic heterocycles. The summed E-state index contributed by atoms with van der Waals surface area (Å²) in [5, 5.41) is 8.55. The van der Waals surface area contributed by atoms with Gasteiger partial charge in [-0.2, -0.15) is 0 Å². The van der Waals surface area contributed by atoms with E-state index in [0.29, 0.717) is 25.7 Å². The molecule has 0 bridgehead atoms. The van der Waals surface area contributed by atoms with Gasteiger partial charge in [0.25, 0.3) is 0 Å². The van der Waals surface area contributed by atoms with Crippen LogP contribution in [0.3, 0.4) is 0 Å². The van der Waals surface area contributed by atoms with E-state index in [0.717, 1.165) is 42.9 Å². The number of nitrogens with zero attached hydrogens (tertiary/aromatic N) is 2. The highest BCUT2D eigenvalue weighted by Crippen LogP contribution is 2.25. The van der Waals surface area contributed by atoms with E-state index in [1.165, 1.54) is 10.4 Å². The lowest BCUT2D eigenvalue weighted by atomic mass is 10.1. The van der Waals surface area contributed by atoms with E-state index in [1.54, 1.807) is 18.4 Å². The molecule has 0 spiro atoms. The highest BCUT2D eigenvalue weighted by molar-refractivity contribution is 14.0. The summed E-state index contributed by atoms with van der Waals surface area (Å²) in [6.45, 7) is 5.68. The number of rotatable bonds is 6. The molecule has 1 unspecified atom stereocenters. The van der Waals surface area contributed by atoms with Crippen molar-refractivity contribution in [1.82, 2.24) is 15.5 Å². The topological polar surface area (TPSA) is 75.2 Å². The van der Waals surface area contributed by atoms with E-state index in [2.05, 4.69) is 52.2 Å². The number of aliphatic imine (C=N–C) groups is 1. The number of thiophene rings is 1. The lowest BCUT2D eigenvalue weighted by molar-refractivity contribution is -0.130. The maximum absolute atomic E-state index is 12.7. The first kappa shape index (κ1) is 24.8. The molecule has 0 radical (unpaired) electrons. The summed E-state index contributed by atoms with van der Waals surface area (Å²) in [6.07, 6.45) is 1.95. The largest absolute Gasteiger partial charge is 0.488 e. The number of hydrogen-bond acceptors (Lipinski definition) is 5. The van der Waals surface area contributed by atoms with Gasteiger partial charge in [0.2, 0.25) is 5.91 Å². The van der Waals surface area contributed by atoms with Crippen molar-refractivity contribution < 1.29 is 14.3 Å². The van der Waals surface area contributed by atoms with E-state index in [9.17, 15) is 4.79 Å². The van der Waals surface area contributed by atoms with E-state index in [1.807, 2.05) is 4.90 Å². The summed E-state index contributed by atoms with van der Waals surface area (Å²) >= 11 is 1.78. The first-order valence-corrected chi connectivity index (χ1v) is 11.6. The van der Waals surface area contributed by atoms with Crippen LogP contribution < -0.4 is 15.4 Å². The number of benzene rings is 1. The summed E-state index contributed by atoms with van der Waals surface area (Å²) in [7, 11) is 1.71. The molecule has 2 aliphatic rings. The maximum Gasteiger partial charge on any atom is 0.242 e. The summed E-state index contributed by atoms with van der Waals surface area (Å²) < 4.78 is 11.6. The molecule has 1 amide bonds. The number of carbonyl (C=O) groups excluding carboxylic acids is 1. The SMILES string of the molecule is CN=C(NCC(=O)N1CCc2sccc2C1)NCc1ccc(C)cc1OC1CCOC1.I. The van der Waals surface area contributed by atoms with E-state index in [4.69, 9.17) is 9.47 Å². The number of aryl methyl sites for hydroxylation is 1. The molecule has 1 saturated heterocycles. The number of nitrogens with one attached hydrogen (secondary N) is 2. The van der Waals surface area contributed by atoms with Crippen LogP contribution in [0.25, 0.3) is 0 Å². The van der Waals surface area contributed by atoms with Crippen LogP contribution in [0.15, 0.2) is 34.6 Å². The predicted octanol–water partition coefficient (Wildman–Crippen LogP) is 3.09. The van der Waals surface area contributed by atoms with Crippen molar-refractivity contribution in [3.05, 3.63) is 51.2 Å². The monoisotopic (exact) mass is 570 g/mol. The van der Waals surface area contributed by atoms with Crippen LogP contribution in [0.2, 0.25) is 0 Å². The number of hydrogen-bond donors (Lipinski definition) is 2. The Labute approximate surface area is 210 Å². The van der Waals surface area contributed by atoms with Gasteiger partial charge in [-0.15, -0.1) is 35.3 Å². The van der Waals surface area contributed by atoms with Gasteiger partial charge in [0, 0.05) is 43.5 Å². The zero-order chi connectivity index (χ0) is 21.6. The van der Waals surface area contributed by atoms with Gasteiger partial charge >= 0.3 is 0 Å². The molecule has 2 N–H and O–H groups in total. The van der Waals surface area contributed by atoms with Crippen LogP contribution in [0.5, 0.6) is 5.75 Å². The van der Waals surface area contributed by atoms with Crippen molar-refractivity contribution in [2.24, 2.45) is 4.99 Å². The zero-order valence-corrected chi connectivity index (χ0v) is 21.7. The molecule has 1 aromatic carbocycles. The Morgan fingerprint density at radius 3 is 3.00 bits per heavy atom. The first-order valence-electron chi connectivity index (χ1n) is 10.7. The van der Waals surface area contributed by atoms with Crippen molar-refractivity contribution in [3.63, 3.8) is 0 Å². The fourth-order valence-corrected chi connectivity index (χ4v) is 4.72. The summed E-state index contributed by atoms with van der Waals surface area (Å²) in [5.41, 5.74) is 3.47. The molecule has 1 atom stereocenters. The van der Waals surface area contributed by atoms with Crippen LogP contribution >= 0.6 is 35.3 Å². The van der Waals surface area contributed by atoms with Gasteiger partial charge in [0.1, 0.15) is 11.9 Å². The molecule has 1 aromatic heterocycles. The lowest BCUT2D eigenvalue weighted by Crippen LogP contribution is -2.45. The molecule has 1 fully saturated rings. The molecular formula is C23H31IN4O3S. The van der Waals surface area contributed by atoms with E-state index >= 15 is 0 Å². The Balaban J connectivity index is 0.00000289. The minimum atomic E-state index is 0. The molecule has 174 valence electrons.